The number of hydrogen-bond acceptors (Lipinski definition) is 7. The first-order valence-corrected chi connectivity index (χ1v) is 12.7. The Hall–Kier alpha value is -4.60. The van der Waals surface area contributed by atoms with Crippen LogP contribution >= 0.6 is 15.9 Å². The molecule has 0 saturated carbocycles. The van der Waals surface area contributed by atoms with E-state index >= 15 is 4.39 Å². The van der Waals surface area contributed by atoms with Crippen LogP contribution in [0.1, 0.15) is 40.0 Å². The molecule has 0 aliphatic heterocycles. The topological polar surface area (TPSA) is 145 Å². The standard InChI is InChI=1S/C26H19BrF5N5O5/c27-22-21(13-1-3-14(4-2-13)26(30,31)32)36-24(42-22)18(41-17-6-5-16(28)19(20(17)29)23(33)38)8-10-37(25(39)40)11-15-7-9-34-12-35-15/h1-7,9,12,18H,8,10-11H2,(H2,33,38)(H,39,40). The van der Waals surface area contributed by atoms with Crippen molar-refractivity contribution >= 4 is 27.9 Å². The largest absolute Gasteiger partial charge is 0.478 e. The molecule has 16 heteroatoms. The van der Waals surface area contributed by atoms with Crippen LogP contribution in [0.4, 0.5) is 26.7 Å². The van der Waals surface area contributed by atoms with Crippen molar-refractivity contribution in [3.05, 3.63) is 94.0 Å². The molecule has 42 heavy (non-hydrogen) atoms. The predicted molar refractivity (Wildman–Crippen MR) is 138 cm³/mol. The van der Waals surface area contributed by atoms with E-state index in [9.17, 15) is 32.3 Å². The molecule has 0 bridgehead atoms. The summed E-state index contributed by atoms with van der Waals surface area (Å²) in [5.41, 5.74) is 3.82. The molecule has 220 valence electrons. The summed E-state index contributed by atoms with van der Waals surface area (Å²) >= 11 is 3.16. The van der Waals surface area contributed by atoms with Crippen LogP contribution in [0.5, 0.6) is 5.75 Å². The molecule has 4 rings (SSSR count). The van der Waals surface area contributed by atoms with E-state index in [2.05, 4.69) is 30.9 Å². The SMILES string of the molecule is NC(=O)c1c(F)ccc(OC(CCN(Cc2ccncn2)C(=O)O)c2nc(-c3ccc(C(F)(F)F)cc3)c(Br)o2)c1F. The van der Waals surface area contributed by atoms with Crippen molar-refractivity contribution < 1.29 is 45.8 Å². The Balaban J connectivity index is 1.68. The van der Waals surface area contributed by atoms with Crippen LogP contribution in [0, 0.1) is 11.6 Å². The third-order valence-electron chi connectivity index (χ3n) is 5.86. The third-order valence-corrected chi connectivity index (χ3v) is 6.40. The summed E-state index contributed by atoms with van der Waals surface area (Å²) < 4.78 is 79.4. The van der Waals surface area contributed by atoms with Gasteiger partial charge < -0.3 is 24.9 Å². The molecule has 4 aromatic rings. The van der Waals surface area contributed by atoms with Gasteiger partial charge in [-0.3, -0.25) is 4.79 Å². The quantitative estimate of drug-likeness (QED) is 0.199. The molecule has 2 heterocycles. The maximum absolute atomic E-state index is 15.0. The number of carbonyl (C=O) groups is 2. The number of rotatable bonds is 10. The van der Waals surface area contributed by atoms with E-state index in [1.807, 2.05) is 0 Å². The number of ether oxygens (including phenoxy) is 1. The average molecular weight is 656 g/mol. The van der Waals surface area contributed by atoms with Gasteiger partial charge in [0.25, 0.3) is 5.91 Å². The van der Waals surface area contributed by atoms with Crippen molar-refractivity contribution in [2.45, 2.75) is 25.2 Å². The summed E-state index contributed by atoms with van der Waals surface area (Å²) in [5, 5.41) is 9.72. The molecule has 0 aliphatic carbocycles. The Morgan fingerprint density at radius 1 is 1.12 bits per heavy atom. The molecule has 0 radical (unpaired) electrons. The second-order valence-corrected chi connectivity index (χ2v) is 9.37. The molecule has 0 aliphatic rings. The average Bonchev–Trinajstić information content (AvgIpc) is 3.32. The van der Waals surface area contributed by atoms with Gasteiger partial charge in [0.15, 0.2) is 22.3 Å². The van der Waals surface area contributed by atoms with E-state index in [0.717, 1.165) is 41.3 Å². The highest BCUT2D eigenvalue weighted by molar-refractivity contribution is 9.10. The minimum Gasteiger partial charge on any atom is -0.478 e. The molecule has 2 aromatic carbocycles. The number of oxazole rings is 1. The van der Waals surface area contributed by atoms with Crippen LogP contribution in [0.25, 0.3) is 11.3 Å². The molecule has 3 N–H and O–H groups in total. The first-order valence-electron chi connectivity index (χ1n) is 11.9. The highest BCUT2D eigenvalue weighted by Crippen LogP contribution is 2.36. The summed E-state index contributed by atoms with van der Waals surface area (Å²) in [6.45, 7) is -0.376. The number of carboxylic acid groups (broad SMARTS) is 1. The fraction of sp³-hybridized carbons (Fsp3) is 0.192. The van der Waals surface area contributed by atoms with E-state index in [0.29, 0.717) is 5.69 Å². The van der Waals surface area contributed by atoms with Gasteiger partial charge in [-0.15, -0.1) is 0 Å². The lowest BCUT2D eigenvalue weighted by Gasteiger charge is -2.22. The van der Waals surface area contributed by atoms with Crippen LogP contribution in [0.3, 0.4) is 0 Å². The van der Waals surface area contributed by atoms with Gasteiger partial charge in [-0.05, 0) is 46.3 Å². The number of halogens is 6. The zero-order valence-corrected chi connectivity index (χ0v) is 22.7. The van der Waals surface area contributed by atoms with Gasteiger partial charge in [-0.2, -0.15) is 13.2 Å². The van der Waals surface area contributed by atoms with Crippen molar-refractivity contribution in [2.24, 2.45) is 5.73 Å². The molecule has 1 atom stereocenters. The summed E-state index contributed by atoms with van der Waals surface area (Å²) in [7, 11) is 0. The molecule has 2 amide bonds. The summed E-state index contributed by atoms with van der Waals surface area (Å²) in [6, 6.07) is 7.19. The van der Waals surface area contributed by atoms with Crippen molar-refractivity contribution in [1.82, 2.24) is 19.9 Å². The Labute approximate surface area is 242 Å². The minimum atomic E-state index is -4.56. The number of carbonyl (C=O) groups excluding carboxylic acids is 1. The monoisotopic (exact) mass is 655 g/mol. The van der Waals surface area contributed by atoms with Gasteiger partial charge in [0.2, 0.25) is 5.89 Å². The van der Waals surface area contributed by atoms with Gasteiger partial charge >= 0.3 is 12.3 Å². The number of benzene rings is 2. The third kappa shape index (κ3) is 6.99. The van der Waals surface area contributed by atoms with E-state index < -0.39 is 52.8 Å². The lowest BCUT2D eigenvalue weighted by atomic mass is 10.1. The number of aromatic nitrogens is 3. The van der Waals surface area contributed by atoms with Crippen molar-refractivity contribution in [3.8, 4) is 17.0 Å². The molecule has 10 nitrogen and oxygen atoms in total. The maximum Gasteiger partial charge on any atom is 0.416 e. The Kier molecular flexibility index (Phi) is 9.04. The fourth-order valence-electron chi connectivity index (χ4n) is 3.81. The Morgan fingerprint density at radius 2 is 1.83 bits per heavy atom. The number of amides is 2. The normalized spacial score (nSPS) is 12.1. The minimum absolute atomic E-state index is 0.0145. The van der Waals surface area contributed by atoms with Crippen molar-refractivity contribution in [1.29, 1.82) is 0 Å². The van der Waals surface area contributed by atoms with Gasteiger partial charge in [-0.1, -0.05) is 12.1 Å². The van der Waals surface area contributed by atoms with Gasteiger partial charge in [-0.25, -0.2) is 28.5 Å². The molecule has 0 saturated heterocycles. The van der Waals surface area contributed by atoms with E-state index in [1.165, 1.54) is 18.6 Å². The van der Waals surface area contributed by atoms with Crippen molar-refractivity contribution in [3.63, 3.8) is 0 Å². The maximum atomic E-state index is 15.0. The lowest BCUT2D eigenvalue weighted by molar-refractivity contribution is -0.137. The van der Waals surface area contributed by atoms with E-state index in [-0.39, 0.29) is 41.3 Å². The van der Waals surface area contributed by atoms with Crippen LogP contribution < -0.4 is 10.5 Å². The van der Waals surface area contributed by atoms with Crippen LogP contribution in [0.2, 0.25) is 0 Å². The van der Waals surface area contributed by atoms with Crippen LogP contribution in [-0.2, 0) is 12.7 Å². The molecule has 0 fully saturated rings. The Morgan fingerprint density at radius 3 is 2.43 bits per heavy atom. The number of nitrogens with two attached hydrogens (primary N) is 1. The summed E-state index contributed by atoms with van der Waals surface area (Å²) in [6.07, 6.45) is -4.77. The fourth-order valence-corrected chi connectivity index (χ4v) is 4.29. The van der Waals surface area contributed by atoms with Crippen LogP contribution in [-0.4, -0.2) is 43.5 Å². The van der Waals surface area contributed by atoms with E-state index in [4.69, 9.17) is 14.9 Å². The first-order chi connectivity index (χ1) is 19.8. The second kappa shape index (κ2) is 12.5. The summed E-state index contributed by atoms with van der Waals surface area (Å²) in [4.78, 5) is 36.5. The van der Waals surface area contributed by atoms with E-state index in [1.54, 1.807) is 0 Å². The molecule has 0 spiro atoms. The summed E-state index contributed by atoms with van der Waals surface area (Å²) in [5.74, 6) is -4.87. The number of primary amides is 1. The Bertz CT molecular complexity index is 1590. The van der Waals surface area contributed by atoms with Crippen LogP contribution in [0.15, 0.2) is 64.1 Å². The zero-order valence-electron chi connectivity index (χ0n) is 21.1. The molecular weight excluding hydrogens is 637 g/mol. The predicted octanol–water partition coefficient (Wildman–Crippen LogP) is 5.98. The van der Waals surface area contributed by atoms with Gasteiger partial charge in [0, 0.05) is 24.7 Å². The highest BCUT2D eigenvalue weighted by atomic mass is 79.9. The first kappa shape index (κ1) is 30.4. The van der Waals surface area contributed by atoms with Gasteiger partial charge in [0.05, 0.1) is 17.8 Å². The smallest absolute Gasteiger partial charge is 0.416 e. The number of nitrogens with zero attached hydrogens (tertiary/aromatic N) is 4. The van der Waals surface area contributed by atoms with Gasteiger partial charge in [0.1, 0.15) is 23.4 Å². The molecular formula is C26H19BrF5N5O5. The number of hydrogen-bond donors (Lipinski definition) is 2. The zero-order chi connectivity index (χ0) is 30.6. The molecule has 2 aromatic heterocycles. The molecule has 1 unspecified atom stereocenters. The second-order valence-electron chi connectivity index (χ2n) is 8.65. The number of alkyl halides is 3. The highest BCUT2D eigenvalue weighted by Gasteiger charge is 2.31. The van der Waals surface area contributed by atoms with Crippen molar-refractivity contribution in [2.75, 3.05) is 6.54 Å². The lowest BCUT2D eigenvalue weighted by Crippen LogP contribution is -2.32.